The van der Waals surface area contributed by atoms with E-state index < -0.39 is 0 Å². The first-order valence-electron chi connectivity index (χ1n) is 11.9. The lowest BCUT2D eigenvalue weighted by atomic mass is 9.78. The van der Waals surface area contributed by atoms with Crippen LogP contribution in [-0.4, -0.2) is 72.9 Å². The van der Waals surface area contributed by atoms with E-state index in [-0.39, 0.29) is 11.3 Å². The predicted octanol–water partition coefficient (Wildman–Crippen LogP) is 3.47. The average molecular weight is 458 g/mol. The smallest absolute Gasteiger partial charge is 0.246 e. The van der Waals surface area contributed by atoms with Gasteiger partial charge >= 0.3 is 0 Å². The summed E-state index contributed by atoms with van der Waals surface area (Å²) in [7, 11) is 0. The number of amides is 1. The van der Waals surface area contributed by atoms with Crippen molar-refractivity contribution >= 4 is 29.3 Å². The number of para-hydroxylation sites is 1. The van der Waals surface area contributed by atoms with E-state index in [0.717, 1.165) is 87.9 Å². The highest BCUT2D eigenvalue weighted by atomic mass is 32.1. The molecule has 7 heteroatoms. The van der Waals surface area contributed by atoms with Gasteiger partial charge in [0, 0.05) is 51.0 Å². The fraction of sp³-hybridized carbons (Fsp3) is 0.600. The second kappa shape index (κ2) is 10.7. The van der Waals surface area contributed by atoms with Gasteiger partial charge in [-0.15, -0.1) is 0 Å². The van der Waals surface area contributed by atoms with Crippen LogP contribution in [-0.2, 0) is 9.53 Å². The molecular weight excluding hydrogens is 422 g/mol. The molecule has 0 saturated carbocycles. The number of hydrogen-bond acceptors (Lipinski definition) is 4. The molecule has 1 amide bonds. The van der Waals surface area contributed by atoms with E-state index in [9.17, 15) is 4.79 Å². The van der Waals surface area contributed by atoms with Crippen molar-refractivity contribution in [3.63, 3.8) is 0 Å². The van der Waals surface area contributed by atoms with E-state index >= 15 is 0 Å². The maximum Gasteiger partial charge on any atom is 0.246 e. The number of thiocarbonyl (C=S) groups is 1. The minimum absolute atomic E-state index is 0.0785. The Labute approximate surface area is 196 Å². The molecular formula is C25H35N3O3S. The first kappa shape index (κ1) is 23.1. The molecule has 0 aromatic heterocycles. The Kier molecular flexibility index (Phi) is 7.68. The molecule has 1 aromatic carbocycles. The normalized spacial score (nSPS) is 22.6. The van der Waals surface area contributed by atoms with Gasteiger partial charge in [-0.25, -0.2) is 0 Å². The van der Waals surface area contributed by atoms with Gasteiger partial charge in [0.1, 0.15) is 5.75 Å². The zero-order chi connectivity index (χ0) is 22.4. The largest absolute Gasteiger partial charge is 0.493 e. The average Bonchev–Trinajstić information content (AvgIpc) is 3.48. The van der Waals surface area contributed by atoms with Crippen molar-refractivity contribution in [3.05, 3.63) is 35.9 Å². The molecule has 1 aromatic rings. The van der Waals surface area contributed by atoms with Crippen LogP contribution in [0.2, 0.25) is 0 Å². The summed E-state index contributed by atoms with van der Waals surface area (Å²) in [6.07, 6.45) is 9.33. The summed E-state index contributed by atoms with van der Waals surface area (Å²) in [6.45, 7) is 7.85. The van der Waals surface area contributed by atoms with Crippen molar-refractivity contribution in [2.45, 2.75) is 45.1 Å². The molecule has 0 radical (unpaired) electrons. The van der Waals surface area contributed by atoms with Crippen LogP contribution in [0.3, 0.4) is 0 Å². The lowest BCUT2D eigenvalue weighted by Crippen LogP contribution is -2.46. The maximum atomic E-state index is 12.8. The quantitative estimate of drug-likeness (QED) is 0.522. The van der Waals surface area contributed by atoms with Gasteiger partial charge in [-0.1, -0.05) is 18.2 Å². The van der Waals surface area contributed by atoms with Crippen LogP contribution >= 0.6 is 12.2 Å². The highest BCUT2D eigenvalue weighted by Crippen LogP contribution is 2.40. The first-order chi connectivity index (χ1) is 15.6. The highest BCUT2D eigenvalue weighted by Gasteiger charge is 2.41. The summed E-state index contributed by atoms with van der Waals surface area (Å²) in [5.74, 6) is 0.890. The van der Waals surface area contributed by atoms with Crippen molar-refractivity contribution < 1.29 is 14.3 Å². The van der Waals surface area contributed by atoms with Crippen LogP contribution in [0.4, 0.5) is 0 Å². The summed E-state index contributed by atoms with van der Waals surface area (Å²) < 4.78 is 11.3. The molecule has 1 spiro atoms. The number of carbonyl (C=O) groups excluding carboxylic acids is 1. The fourth-order valence-electron chi connectivity index (χ4n) is 5.01. The molecule has 1 unspecified atom stereocenters. The SMILES string of the molecule is CCOc1ccccc1/C=C/C(=O)N1CCC2(CC1)CCN(C(=S)NCC1CCCO1)C2. The summed E-state index contributed by atoms with van der Waals surface area (Å²) in [5.41, 5.74) is 1.21. The lowest BCUT2D eigenvalue weighted by molar-refractivity contribution is -0.128. The number of likely N-dealkylation sites (tertiary alicyclic amines) is 2. The van der Waals surface area contributed by atoms with E-state index in [2.05, 4.69) is 10.2 Å². The van der Waals surface area contributed by atoms with Gasteiger partial charge in [-0.05, 0) is 68.8 Å². The van der Waals surface area contributed by atoms with Crippen LogP contribution in [0.15, 0.2) is 30.3 Å². The minimum atomic E-state index is 0.0785. The number of rotatable bonds is 6. The fourth-order valence-corrected chi connectivity index (χ4v) is 5.25. The molecule has 6 nitrogen and oxygen atoms in total. The Morgan fingerprint density at radius 1 is 1.25 bits per heavy atom. The summed E-state index contributed by atoms with van der Waals surface area (Å²) in [5, 5.41) is 4.26. The van der Waals surface area contributed by atoms with Crippen LogP contribution in [0, 0.1) is 5.41 Å². The number of carbonyl (C=O) groups is 1. The van der Waals surface area contributed by atoms with Crippen LogP contribution in [0.25, 0.3) is 6.08 Å². The van der Waals surface area contributed by atoms with Gasteiger partial charge in [-0.2, -0.15) is 0 Å². The Hall–Kier alpha value is -2.12. The minimum Gasteiger partial charge on any atom is -0.493 e. The number of ether oxygens (including phenoxy) is 2. The topological polar surface area (TPSA) is 54.0 Å². The third-order valence-corrected chi connectivity index (χ3v) is 7.39. The van der Waals surface area contributed by atoms with Crippen molar-refractivity contribution in [3.8, 4) is 5.75 Å². The molecule has 3 aliphatic rings. The van der Waals surface area contributed by atoms with E-state index in [1.165, 1.54) is 0 Å². The van der Waals surface area contributed by atoms with Crippen molar-refractivity contribution in [1.82, 2.24) is 15.1 Å². The predicted molar refractivity (Wildman–Crippen MR) is 131 cm³/mol. The first-order valence-corrected chi connectivity index (χ1v) is 12.3. The molecule has 0 aliphatic carbocycles. The van der Waals surface area contributed by atoms with Crippen LogP contribution < -0.4 is 10.1 Å². The van der Waals surface area contributed by atoms with E-state index in [0.29, 0.717) is 12.7 Å². The van der Waals surface area contributed by atoms with Crippen molar-refractivity contribution in [2.75, 3.05) is 45.9 Å². The van der Waals surface area contributed by atoms with Gasteiger partial charge in [-0.3, -0.25) is 4.79 Å². The number of nitrogens with zero attached hydrogens (tertiary/aromatic N) is 2. The van der Waals surface area contributed by atoms with Crippen LogP contribution in [0.5, 0.6) is 5.75 Å². The molecule has 4 rings (SSSR count). The monoisotopic (exact) mass is 457 g/mol. The number of benzene rings is 1. The Morgan fingerprint density at radius 3 is 2.72 bits per heavy atom. The number of nitrogens with one attached hydrogen (secondary N) is 1. The second-order valence-electron chi connectivity index (χ2n) is 9.12. The van der Waals surface area contributed by atoms with E-state index in [4.69, 9.17) is 21.7 Å². The highest BCUT2D eigenvalue weighted by molar-refractivity contribution is 7.80. The summed E-state index contributed by atoms with van der Waals surface area (Å²) in [4.78, 5) is 17.1. The zero-order valence-corrected chi connectivity index (χ0v) is 19.9. The molecule has 3 fully saturated rings. The van der Waals surface area contributed by atoms with Gasteiger partial charge in [0.2, 0.25) is 5.91 Å². The molecule has 3 aliphatic heterocycles. The Morgan fingerprint density at radius 2 is 2.00 bits per heavy atom. The van der Waals surface area contributed by atoms with Gasteiger partial charge < -0.3 is 24.6 Å². The second-order valence-corrected chi connectivity index (χ2v) is 9.51. The van der Waals surface area contributed by atoms with E-state index in [1.54, 1.807) is 6.08 Å². The molecule has 1 atom stereocenters. The van der Waals surface area contributed by atoms with Crippen LogP contribution in [0.1, 0.15) is 44.6 Å². The Bertz CT molecular complexity index is 829. The van der Waals surface area contributed by atoms with Gasteiger partial charge in [0.15, 0.2) is 5.11 Å². The molecule has 3 heterocycles. The Balaban J connectivity index is 1.25. The third kappa shape index (κ3) is 5.62. The van der Waals surface area contributed by atoms with Gasteiger partial charge in [0.25, 0.3) is 0 Å². The third-order valence-electron chi connectivity index (χ3n) is 6.99. The summed E-state index contributed by atoms with van der Waals surface area (Å²) in [6, 6.07) is 7.82. The molecule has 0 bridgehead atoms. The maximum absolute atomic E-state index is 12.8. The summed E-state index contributed by atoms with van der Waals surface area (Å²) >= 11 is 5.65. The zero-order valence-electron chi connectivity index (χ0n) is 19.1. The van der Waals surface area contributed by atoms with Gasteiger partial charge in [0.05, 0.1) is 12.7 Å². The molecule has 174 valence electrons. The molecule has 32 heavy (non-hydrogen) atoms. The standard InChI is InChI=1S/C25H35N3O3S/c1-2-30-22-8-4-3-6-20(22)9-10-23(29)27-14-11-25(12-15-27)13-16-28(19-25)24(32)26-18-21-7-5-17-31-21/h3-4,6,8-10,21H,2,5,7,11-19H2,1H3,(H,26,32)/b10-9+. The van der Waals surface area contributed by atoms with Crippen molar-refractivity contribution in [2.24, 2.45) is 5.41 Å². The number of hydrogen-bond donors (Lipinski definition) is 1. The lowest BCUT2D eigenvalue weighted by Gasteiger charge is -2.39. The molecule has 3 saturated heterocycles. The number of piperidine rings is 1. The van der Waals surface area contributed by atoms with E-state index in [1.807, 2.05) is 42.2 Å². The van der Waals surface area contributed by atoms with Crippen molar-refractivity contribution in [1.29, 1.82) is 0 Å². The molecule has 1 N–H and O–H groups in total.